The summed E-state index contributed by atoms with van der Waals surface area (Å²) in [7, 11) is 1.65. The molecule has 2 aliphatic rings. The minimum atomic E-state index is -2.86. The second kappa shape index (κ2) is 10.8. The highest BCUT2D eigenvalue weighted by Gasteiger charge is 2.27. The standard InChI is InChI=1S/C24H33F3N4O2S/c1-24(26,27)15-33-23-28-20-14-31(10-8-21(20)34-23)9-7-16-3-5-17(6-4-16)11-19(32)12-18-13-30(2)29-22(18)25/h13,16-17H,3-12,14-15H2,1-2H3. The van der Waals surface area contributed by atoms with E-state index in [1.165, 1.54) is 16.0 Å². The molecule has 1 saturated carbocycles. The van der Waals surface area contributed by atoms with Gasteiger partial charge in [-0.3, -0.25) is 14.4 Å². The number of ether oxygens (including phenoxy) is 1. The molecule has 0 N–H and O–H groups in total. The Labute approximate surface area is 202 Å². The fourth-order valence-electron chi connectivity index (χ4n) is 5.00. The molecule has 0 spiro atoms. The Bertz CT molecular complexity index is 980. The molecule has 2 aromatic rings. The number of rotatable bonds is 10. The van der Waals surface area contributed by atoms with Gasteiger partial charge in [0.25, 0.3) is 11.1 Å². The quantitative estimate of drug-likeness (QED) is 0.471. The van der Waals surface area contributed by atoms with Gasteiger partial charge in [0.1, 0.15) is 5.78 Å². The summed E-state index contributed by atoms with van der Waals surface area (Å²) >= 11 is 1.39. The minimum Gasteiger partial charge on any atom is -0.464 e. The summed E-state index contributed by atoms with van der Waals surface area (Å²) in [4.78, 5) is 20.3. The van der Waals surface area contributed by atoms with Gasteiger partial charge in [-0.2, -0.15) is 4.39 Å². The highest BCUT2D eigenvalue weighted by molar-refractivity contribution is 7.13. The number of thiazole rings is 1. The first-order chi connectivity index (χ1) is 16.1. The predicted octanol–water partition coefficient (Wildman–Crippen LogP) is 4.81. The maximum Gasteiger partial charge on any atom is 0.278 e. The van der Waals surface area contributed by atoms with Gasteiger partial charge in [-0.05, 0) is 44.1 Å². The Morgan fingerprint density at radius 1 is 1.26 bits per heavy atom. The smallest absolute Gasteiger partial charge is 0.278 e. The molecule has 1 aliphatic heterocycles. The van der Waals surface area contributed by atoms with E-state index in [0.29, 0.717) is 29.0 Å². The van der Waals surface area contributed by atoms with Crippen molar-refractivity contribution < 1.29 is 22.7 Å². The Morgan fingerprint density at radius 2 is 2.00 bits per heavy atom. The van der Waals surface area contributed by atoms with Crippen LogP contribution in [0.1, 0.15) is 61.6 Å². The molecule has 188 valence electrons. The van der Waals surface area contributed by atoms with Crippen molar-refractivity contribution in [3.05, 3.63) is 28.3 Å². The molecular formula is C24H33F3N4O2S. The molecule has 0 saturated heterocycles. The van der Waals surface area contributed by atoms with Gasteiger partial charge in [-0.15, -0.1) is 5.10 Å². The number of Topliss-reactive ketones (excluding diaryl/α,β-unsaturated/α-hetero) is 1. The SMILES string of the molecule is Cn1cc(CC(=O)CC2CCC(CCN3CCc4sc(OCC(C)(F)F)nc4C3)CC2)c(F)n1. The second-order valence-electron chi connectivity index (χ2n) is 9.95. The van der Waals surface area contributed by atoms with E-state index >= 15 is 0 Å². The molecule has 1 aliphatic carbocycles. The van der Waals surface area contributed by atoms with E-state index in [2.05, 4.69) is 15.0 Å². The largest absolute Gasteiger partial charge is 0.464 e. The van der Waals surface area contributed by atoms with E-state index in [4.69, 9.17) is 4.74 Å². The third-order valence-electron chi connectivity index (χ3n) is 6.81. The van der Waals surface area contributed by atoms with Crippen LogP contribution < -0.4 is 4.74 Å². The number of hydrogen-bond acceptors (Lipinski definition) is 6. The number of halogens is 3. The van der Waals surface area contributed by atoms with Crippen LogP contribution in [-0.4, -0.2) is 51.1 Å². The van der Waals surface area contributed by atoms with Gasteiger partial charge in [0.05, 0.1) is 5.69 Å². The van der Waals surface area contributed by atoms with E-state index in [1.54, 1.807) is 13.2 Å². The lowest BCUT2D eigenvalue weighted by atomic mass is 9.78. The summed E-state index contributed by atoms with van der Waals surface area (Å²) in [5.41, 5.74) is 1.34. The van der Waals surface area contributed by atoms with Crippen molar-refractivity contribution in [1.82, 2.24) is 19.7 Å². The highest BCUT2D eigenvalue weighted by atomic mass is 32.1. The number of nitrogens with zero attached hydrogens (tertiary/aromatic N) is 4. The van der Waals surface area contributed by atoms with E-state index in [-0.39, 0.29) is 12.2 Å². The Balaban J connectivity index is 1.15. The maximum absolute atomic E-state index is 13.7. The molecule has 0 aromatic carbocycles. The van der Waals surface area contributed by atoms with Crippen molar-refractivity contribution in [2.45, 2.75) is 70.8 Å². The van der Waals surface area contributed by atoms with Gasteiger partial charge < -0.3 is 4.74 Å². The lowest BCUT2D eigenvalue weighted by Gasteiger charge is -2.31. The molecular weight excluding hydrogens is 465 g/mol. The number of carbonyl (C=O) groups is 1. The van der Waals surface area contributed by atoms with Crippen LogP contribution in [0.25, 0.3) is 0 Å². The van der Waals surface area contributed by atoms with Crippen molar-refractivity contribution in [2.75, 3.05) is 19.7 Å². The number of aryl methyl sites for hydroxylation is 1. The monoisotopic (exact) mass is 498 g/mol. The second-order valence-corrected chi connectivity index (χ2v) is 11.0. The van der Waals surface area contributed by atoms with Crippen molar-refractivity contribution in [1.29, 1.82) is 0 Å². The van der Waals surface area contributed by atoms with Crippen LogP contribution in [-0.2, 0) is 31.2 Å². The molecule has 2 aromatic heterocycles. The van der Waals surface area contributed by atoms with E-state index in [0.717, 1.165) is 75.7 Å². The van der Waals surface area contributed by atoms with Crippen LogP contribution in [0.3, 0.4) is 0 Å². The van der Waals surface area contributed by atoms with Crippen molar-refractivity contribution in [3.63, 3.8) is 0 Å². The molecule has 0 radical (unpaired) electrons. The summed E-state index contributed by atoms with van der Waals surface area (Å²) in [6.07, 6.45) is 8.57. The highest BCUT2D eigenvalue weighted by Crippen LogP contribution is 2.34. The zero-order valence-corrected chi connectivity index (χ0v) is 20.7. The van der Waals surface area contributed by atoms with Crippen LogP contribution in [0.15, 0.2) is 6.20 Å². The number of hydrogen-bond donors (Lipinski definition) is 0. The van der Waals surface area contributed by atoms with Crippen LogP contribution in [0, 0.1) is 17.8 Å². The molecule has 6 nitrogen and oxygen atoms in total. The summed E-state index contributed by atoms with van der Waals surface area (Å²) in [6, 6.07) is 0. The lowest BCUT2D eigenvalue weighted by Crippen LogP contribution is -2.32. The zero-order chi connectivity index (χ0) is 24.3. The van der Waals surface area contributed by atoms with Gasteiger partial charge in [0.15, 0.2) is 6.61 Å². The number of carbonyl (C=O) groups excluding carboxylic acids is 1. The predicted molar refractivity (Wildman–Crippen MR) is 124 cm³/mol. The molecule has 3 heterocycles. The number of ketones is 1. The van der Waals surface area contributed by atoms with Crippen molar-refractivity contribution in [3.8, 4) is 5.19 Å². The van der Waals surface area contributed by atoms with Crippen LogP contribution in [0.2, 0.25) is 0 Å². The number of alkyl halides is 2. The first-order valence-electron chi connectivity index (χ1n) is 12.1. The first kappa shape index (κ1) is 25.2. The van der Waals surface area contributed by atoms with Gasteiger partial charge in [0.2, 0.25) is 5.95 Å². The molecule has 0 bridgehead atoms. The van der Waals surface area contributed by atoms with E-state index in [9.17, 15) is 18.0 Å². The van der Waals surface area contributed by atoms with Gasteiger partial charge in [-0.1, -0.05) is 24.2 Å². The van der Waals surface area contributed by atoms with Crippen molar-refractivity contribution >= 4 is 17.1 Å². The summed E-state index contributed by atoms with van der Waals surface area (Å²) < 4.78 is 46.3. The molecule has 0 unspecified atom stereocenters. The third kappa shape index (κ3) is 7.04. The van der Waals surface area contributed by atoms with E-state index < -0.39 is 18.5 Å². The molecule has 0 amide bonds. The first-order valence-corrected chi connectivity index (χ1v) is 12.9. The normalized spacial score (nSPS) is 21.4. The lowest BCUT2D eigenvalue weighted by molar-refractivity contribution is -0.119. The Kier molecular flexibility index (Phi) is 7.97. The fourth-order valence-corrected chi connectivity index (χ4v) is 5.90. The fraction of sp³-hybridized carbons (Fsp3) is 0.708. The average molecular weight is 499 g/mol. The Hall–Kier alpha value is -1.94. The molecule has 0 atom stereocenters. The number of fused-ring (bicyclic) bond motifs is 1. The Morgan fingerprint density at radius 3 is 2.68 bits per heavy atom. The topological polar surface area (TPSA) is 60.2 Å². The van der Waals surface area contributed by atoms with Crippen LogP contribution in [0.4, 0.5) is 13.2 Å². The number of aromatic nitrogens is 3. The van der Waals surface area contributed by atoms with Crippen LogP contribution in [0.5, 0.6) is 5.19 Å². The summed E-state index contributed by atoms with van der Waals surface area (Å²) in [5.74, 6) is -2.27. The zero-order valence-electron chi connectivity index (χ0n) is 19.9. The molecule has 10 heteroatoms. The van der Waals surface area contributed by atoms with E-state index in [1.807, 2.05) is 0 Å². The molecule has 1 fully saturated rings. The van der Waals surface area contributed by atoms with Gasteiger partial charge in [0, 0.05) is 56.5 Å². The summed E-state index contributed by atoms with van der Waals surface area (Å²) in [6.45, 7) is 2.89. The average Bonchev–Trinajstić information content (AvgIpc) is 3.32. The molecule has 34 heavy (non-hydrogen) atoms. The molecule has 4 rings (SSSR count). The summed E-state index contributed by atoms with van der Waals surface area (Å²) in [5, 5.41) is 4.01. The third-order valence-corrected chi connectivity index (χ3v) is 7.88. The van der Waals surface area contributed by atoms with Crippen LogP contribution >= 0.6 is 11.3 Å². The van der Waals surface area contributed by atoms with Gasteiger partial charge >= 0.3 is 0 Å². The van der Waals surface area contributed by atoms with Crippen molar-refractivity contribution in [2.24, 2.45) is 18.9 Å². The van der Waals surface area contributed by atoms with Gasteiger partial charge in [-0.25, -0.2) is 13.8 Å². The maximum atomic E-state index is 13.7. The minimum absolute atomic E-state index is 0.0914.